The van der Waals surface area contributed by atoms with Gasteiger partial charge in [0.05, 0.1) is 62.2 Å². The third kappa shape index (κ3) is 10.4. The molecule has 15 heteroatoms. The Morgan fingerprint density at radius 1 is 0.594 bits per heavy atom. The topological polar surface area (TPSA) is 178 Å². The summed E-state index contributed by atoms with van der Waals surface area (Å²) in [6.07, 6.45) is 7.66. The lowest BCUT2D eigenvalue weighted by atomic mass is 9.87. The zero-order valence-electron chi connectivity index (χ0n) is 41.5. The van der Waals surface area contributed by atoms with Crippen molar-refractivity contribution >= 4 is 29.7 Å². The monoisotopic (exact) mass is 940 g/mol. The number of hydrogen-bond donors (Lipinski definition) is 4. The summed E-state index contributed by atoms with van der Waals surface area (Å²) in [6, 6.07) is 25.1. The first-order valence-corrected chi connectivity index (χ1v) is 24.6. The molecule has 4 N–H and O–H groups in total. The number of benzene rings is 3. The molecule has 4 amide bonds. The number of ether oxygens (including phenoxy) is 2. The van der Waals surface area contributed by atoms with Gasteiger partial charge in [0.25, 0.3) is 0 Å². The van der Waals surface area contributed by atoms with Gasteiger partial charge in [0, 0.05) is 18.8 Å². The molecule has 0 saturated carbocycles. The minimum absolute atomic E-state index is 0.0284. The zero-order chi connectivity index (χ0) is 49.1. The number of methoxy groups -OCH3 is 2. The third-order valence-electron chi connectivity index (χ3n) is 14.3. The number of carbonyl (C=O) groups is 4. The Hall–Kier alpha value is -6.64. The number of alkyl carbamates (subject to hydrolysis) is 2. The Balaban J connectivity index is 1.00. The van der Waals surface area contributed by atoms with E-state index in [1.807, 2.05) is 49.9 Å². The number of aromatic nitrogens is 4. The first-order valence-electron chi connectivity index (χ1n) is 24.6. The van der Waals surface area contributed by atoms with E-state index in [4.69, 9.17) is 19.4 Å². The molecule has 366 valence electrons. The van der Waals surface area contributed by atoms with Gasteiger partial charge in [-0.3, -0.25) is 9.59 Å². The Morgan fingerprint density at radius 3 is 1.36 bits per heavy atom. The third-order valence-corrected chi connectivity index (χ3v) is 14.3. The van der Waals surface area contributed by atoms with E-state index in [0.717, 1.165) is 72.7 Å². The molecule has 69 heavy (non-hydrogen) atoms. The standard InChI is InChI=1S/C54H69N9O6/c1-32(2)46(59-52(66)68-8)50(64)61-28-10-12-44(61)48-55-30-40(57-48)34-14-18-36(19-15-34)42-26-27-43(63(42)39-24-22-38(23-25-39)54(5,6)7)37-20-16-35(17-21-37)41-31-56-49(58-41)45-13-11-29-62(45)51(65)47(33(3)4)60-53(67)69-9/h14-25,30-33,42-47H,10-13,26-29H2,1-9H3,(H,55,57)(H,56,58)(H,59,66)(H,60,67). The lowest BCUT2D eigenvalue weighted by Gasteiger charge is -2.34. The molecular weight excluding hydrogens is 871 g/mol. The highest BCUT2D eigenvalue weighted by molar-refractivity contribution is 5.87. The summed E-state index contributed by atoms with van der Waals surface area (Å²) in [5.41, 5.74) is 8.74. The van der Waals surface area contributed by atoms with Crippen LogP contribution in [0.25, 0.3) is 22.5 Å². The highest BCUT2D eigenvalue weighted by Crippen LogP contribution is 2.48. The summed E-state index contributed by atoms with van der Waals surface area (Å²) in [5, 5.41) is 5.46. The molecule has 0 radical (unpaired) electrons. The number of carbonyl (C=O) groups excluding carboxylic acids is 4. The number of hydrogen-bond acceptors (Lipinski definition) is 9. The van der Waals surface area contributed by atoms with Crippen LogP contribution in [0.2, 0.25) is 0 Å². The maximum atomic E-state index is 13.8. The lowest BCUT2D eigenvalue weighted by Crippen LogP contribution is -2.51. The molecule has 8 rings (SSSR count). The van der Waals surface area contributed by atoms with E-state index >= 15 is 0 Å². The summed E-state index contributed by atoms with van der Waals surface area (Å²) >= 11 is 0. The van der Waals surface area contributed by atoms with Gasteiger partial charge in [-0.15, -0.1) is 0 Å². The van der Waals surface area contributed by atoms with Crippen LogP contribution in [0.1, 0.15) is 139 Å². The van der Waals surface area contributed by atoms with Gasteiger partial charge >= 0.3 is 12.2 Å². The van der Waals surface area contributed by atoms with Crippen molar-refractivity contribution in [2.24, 2.45) is 11.8 Å². The number of aromatic amines is 2. The molecule has 3 aliphatic rings. The van der Waals surface area contributed by atoms with Crippen molar-refractivity contribution in [1.29, 1.82) is 0 Å². The number of amides is 4. The highest BCUT2D eigenvalue weighted by Gasteiger charge is 2.40. The quantitative estimate of drug-likeness (QED) is 0.0895. The van der Waals surface area contributed by atoms with Gasteiger partial charge in [-0.2, -0.15) is 0 Å². The van der Waals surface area contributed by atoms with Crippen molar-refractivity contribution < 1.29 is 28.7 Å². The predicted octanol–water partition coefficient (Wildman–Crippen LogP) is 9.94. The van der Waals surface area contributed by atoms with Crippen LogP contribution in [0.3, 0.4) is 0 Å². The maximum absolute atomic E-state index is 13.8. The summed E-state index contributed by atoms with van der Waals surface area (Å²) in [7, 11) is 2.60. The number of likely N-dealkylation sites (tertiary alicyclic amines) is 2. The van der Waals surface area contributed by atoms with Crippen molar-refractivity contribution in [1.82, 2.24) is 40.4 Å². The molecule has 0 bridgehead atoms. The number of anilines is 1. The van der Waals surface area contributed by atoms with Crippen molar-refractivity contribution in [3.05, 3.63) is 114 Å². The van der Waals surface area contributed by atoms with Crippen LogP contribution in [0.5, 0.6) is 0 Å². The molecular formula is C54H69N9O6. The van der Waals surface area contributed by atoms with Gasteiger partial charge in [0.2, 0.25) is 11.8 Å². The fraction of sp³-hybridized carbons (Fsp3) is 0.481. The van der Waals surface area contributed by atoms with Gasteiger partial charge in [0.1, 0.15) is 23.7 Å². The average molecular weight is 940 g/mol. The summed E-state index contributed by atoms with van der Waals surface area (Å²) < 4.78 is 9.62. The van der Waals surface area contributed by atoms with E-state index < -0.39 is 24.3 Å². The van der Waals surface area contributed by atoms with E-state index in [-0.39, 0.29) is 53.2 Å². The second-order valence-electron chi connectivity index (χ2n) is 20.5. The highest BCUT2D eigenvalue weighted by atomic mass is 16.5. The van der Waals surface area contributed by atoms with Crippen LogP contribution in [0, 0.1) is 11.8 Å². The molecule has 3 saturated heterocycles. The molecule has 15 nitrogen and oxygen atoms in total. The summed E-state index contributed by atoms with van der Waals surface area (Å²) in [4.78, 5) is 74.6. The molecule has 3 aliphatic heterocycles. The largest absolute Gasteiger partial charge is 0.453 e. The maximum Gasteiger partial charge on any atom is 0.407 e. The Labute approximate surface area is 406 Å². The number of imidazole rings is 2. The van der Waals surface area contributed by atoms with Gasteiger partial charge in [0.15, 0.2) is 0 Å². The first kappa shape index (κ1) is 48.8. The first-order chi connectivity index (χ1) is 33.1. The number of nitrogens with zero attached hydrogens (tertiary/aromatic N) is 5. The Morgan fingerprint density at radius 2 is 1.00 bits per heavy atom. The fourth-order valence-electron chi connectivity index (χ4n) is 10.4. The van der Waals surface area contributed by atoms with Crippen LogP contribution in [0.15, 0.2) is 85.2 Å². The van der Waals surface area contributed by atoms with Gasteiger partial charge in [-0.05, 0) is 95.7 Å². The van der Waals surface area contributed by atoms with E-state index in [2.05, 4.69) is 119 Å². The second-order valence-corrected chi connectivity index (χ2v) is 20.5. The number of H-pyrrole nitrogens is 2. The second kappa shape index (κ2) is 20.5. The average Bonchev–Trinajstić information content (AvgIpc) is 4.21. The van der Waals surface area contributed by atoms with Crippen molar-refractivity contribution in [3.8, 4) is 22.5 Å². The minimum atomic E-state index is -0.695. The minimum Gasteiger partial charge on any atom is -0.453 e. The molecule has 2 aromatic heterocycles. The van der Waals surface area contributed by atoms with Gasteiger partial charge in [-0.1, -0.05) is 109 Å². The fourth-order valence-corrected chi connectivity index (χ4v) is 10.4. The smallest absolute Gasteiger partial charge is 0.407 e. The molecule has 3 fully saturated rings. The van der Waals surface area contributed by atoms with Crippen LogP contribution in [-0.2, 0) is 24.5 Å². The molecule has 6 atom stereocenters. The molecule has 5 heterocycles. The Bertz CT molecular complexity index is 2430. The molecule has 5 aromatic rings. The van der Waals surface area contributed by atoms with Gasteiger partial charge in [-0.25, -0.2) is 19.6 Å². The molecule has 0 spiro atoms. The molecule has 0 aliphatic carbocycles. The van der Waals surface area contributed by atoms with Crippen LogP contribution in [-0.4, -0.2) is 93.1 Å². The van der Waals surface area contributed by atoms with E-state index in [1.54, 1.807) is 0 Å². The van der Waals surface area contributed by atoms with Crippen molar-refractivity contribution in [2.75, 3.05) is 32.2 Å². The predicted molar refractivity (Wildman–Crippen MR) is 266 cm³/mol. The van der Waals surface area contributed by atoms with Crippen molar-refractivity contribution in [3.63, 3.8) is 0 Å². The van der Waals surface area contributed by atoms with Crippen LogP contribution in [0.4, 0.5) is 15.3 Å². The van der Waals surface area contributed by atoms with Crippen LogP contribution < -0.4 is 15.5 Å². The van der Waals surface area contributed by atoms with E-state index in [9.17, 15) is 19.2 Å². The summed E-state index contributed by atoms with van der Waals surface area (Å²) in [5.74, 6) is 0.986. The van der Waals surface area contributed by atoms with E-state index in [1.165, 1.54) is 36.6 Å². The zero-order valence-corrected chi connectivity index (χ0v) is 41.5. The SMILES string of the molecule is COC(=O)NC(C(=O)N1CCCC1c1ncc(-c2ccc(C3CCC(c4ccc(-c5cnc(C6CCCN6C(=O)C(NC(=O)OC)C(C)C)[nH]5)cc4)N3c3ccc(C(C)(C)C)cc3)cc2)[nH]1)C(C)C. The van der Waals surface area contributed by atoms with Crippen LogP contribution >= 0.6 is 0 Å². The normalized spacial score (nSPS) is 20.4. The number of rotatable bonds is 13. The number of nitrogens with one attached hydrogen (secondary N) is 4. The van der Waals surface area contributed by atoms with E-state index in [0.29, 0.717) is 13.1 Å². The Kier molecular flexibility index (Phi) is 14.5. The van der Waals surface area contributed by atoms with Crippen molar-refractivity contribution in [2.45, 2.75) is 129 Å². The molecule has 3 aromatic carbocycles. The lowest BCUT2D eigenvalue weighted by molar-refractivity contribution is -0.136. The summed E-state index contributed by atoms with van der Waals surface area (Å²) in [6.45, 7) is 15.6. The van der Waals surface area contributed by atoms with Gasteiger partial charge < -0.3 is 44.8 Å². The molecule has 6 unspecified atom stereocenters.